The standard InChI is InChI=1S/C10H19NO3/c1-8(2)14-6-4-5-11-10(13)7-9(3)12/h8H,4-7H2,1-3H3,(H,11,13). The van der Waals surface area contributed by atoms with E-state index in [4.69, 9.17) is 4.74 Å². The number of carbonyl (C=O) groups excluding carboxylic acids is 2. The highest BCUT2D eigenvalue weighted by atomic mass is 16.5. The van der Waals surface area contributed by atoms with Gasteiger partial charge in [-0.2, -0.15) is 0 Å². The molecule has 0 atom stereocenters. The Morgan fingerprint density at radius 2 is 2.00 bits per heavy atom. The molecule has 0 unspecified atom stereocenters. The van der Waals surface area contributed by atoms with Crippen molar-refractivity contribution in [1.82, 2.24) is 5.32 Å². The van der Waals surface area contributed by atoms with Crippen LogP contribution in [0.1, 0.15) is 33.6 Å². The van der Waals surface area contributed by atoms with E-state index in [2.05, 4.69) is 5.32 Å². The highest BCUT2D eigenvalue weighted by Crippen LogP contribution is 1.89. The lowest BCUT2D eigenvalue weighted by molar-refractivity contribution is -0.127. The molecule has 0 aromatic rings. The average molecular weight is 201 g/mol. The van der Waals surface area contributed by atoms with Crippen LogP contribution in [0.3, 0.4) is 0 Å². The van der Waals surface area contributed by atoms with E-state index >= 15 is 0 Å². The molecule has 0 aromatic heterocycles. The number of amides is 1. The molecule has 4 heteroatoms. The first-order valence-electron chi connectivity index (χ1n) is 4.90. The number of Topliss-reactive ketones (excluding diaryl/α,β-unsaturated/α-hetero) is 1. The van der Waals surface area contributed by atoms with Crippen LogP contribution in [0.15, 0.2) is 0 Å². The van der Waals surface area contributed by atoms with Crippen LogP contribution in [0.25, 0.3) is 0 Å². The molecule has 4 nitrogen and oxygen atoms in total. The third-order valence-corrected chi connectivity index (χ3v) is 1.50. The molecule has 0 radical (unpaired) electrons. The molecule has 0 heterocycles. The lowest BCUT2D eigenvalue weighted by Crippen LogP contribution is -2.26. The zero-order chi connectivity index (χ0) is 11.0. The number of ketones is 1. The fourth-order valence-electron chi connectivity index (χ4n) is 0.908. The van der Waals surface area contributed by atoms with Gasteiger partial charge in [-0.1, -0.05) is 0 Å². The molecule has 0 rings (SSSR count). The van der Waals surface area contributed by atoms with E-state index in [9.17, 15) is 9.59 Å². The number of nitrogens with one attached hydrogen (secondary N) is 1. The van der Waals surface area contributed by atoms with Gasteiger partial charge in [0.1, 0.15) is 5.78 Å². The molecular weight excluding hydrogens is 182 g/mol. The van der Waals surface area contributed by atoms with Crippen LogP contribution in [0.4, 0.5) is 0 Å². The van der Waals surface area contributed by atoms with Crippen molar-refractivity contribution in [2.45, 2.75) is 39.7 Å². The zero-order valence-electron chi connectivity index (χ0n) is 9.13. The van der Waals surface area contributed by atoms with Crippen molar-refractivity contribution in [2.24, 2.45) is 0 Å². The molecule has 0 bridgehead atoms. The summed E-state index contributed by atoms with van der Waals surface area (Å²) in [5.41, 5.74) is 0. The van der Waals surface area contributed by atoms with Crippen LogP contribution in [0, 0.1) is 0 Å². The minimum atomic E-state index is -0.206. The van der Waals surface area contributed by atoms with Gasteiger partial charge >= 0.3 is 0 Å². The summed E-state index contributed by atoms with van der Waals surface area (Å²) in [6.07, 6.45) is 0.982. The average Bonchev–Trinajstić information content (AvgIpc) is 2.01. The van der Waals surface area contributed by atoms with Crippen molar-refractivity contribution in [3.63, 3.8) is 0 Å². The number of rotatable bonds is 7. The zero-order valence-corrected chi connectivity index (χ0v) is 9.13. The highest BCUT2D eigenvalue weighted by Gasteiger charge is 2.03. The number of hydrogen-bond donors (Lipinski definition) is 1. The maximum atomic E-state index is 11.0. The summed E-state index contributed by atoms with van der Waals surface area (Å²) in [6, 6.07) is 0. The minimum Gasteiger partial charge on any atom is -0.379 e. The van der Waals surface area contributed by atoms with Crippen LogP contribution in [0.2, 0.25) is 0 Å². The Bertz CT molecular complexity index is 190. The second-order valence-corrected chi connectivity index (χ2v) is 3.50. The van der Waals surface area contributed by atoms with Gasteiger partial charge in [-0.15, -0.1) is 0 Å². The van der Waals surface area contributed by atoms with Gasteiger partial charge in [0.25, 0.3) is 0 Å². The highest BCUT2D eigenvalue weighted by molar-refractivity contribution is 5.96. The quantitative estimate of drug-likeness (QED) is 0.492. The summed E-state index contributed by atoms with van der Waals surface area (Å²) < 4.78 is 5.29. The summed E-state index contributed by atoms with van der Waals surface area (Å²) in [4.78, 5) is 21.5. The van der Waals surface area contributed by atoms with Crippen molar-refractivity contribution in [2.75, 3.05) is 13.2 Å². The van der Waals surface area contributed by atoms with Crippen molar-refractivity contribution >= 4 is 11.7 Å². The molecule has 82 valence electrons. The fourth-order valence-corrected chi connectivity index (χ4v) is 0.908. The maximum absolute atomic E-state index is 11.0. The first kappa shape index (κ1) is 13.1. The van der Waals surface area contributed by atoms with E-state index < -0.39 is 0 Å². The topological polar surface area (TPSA) is 55.4 Å². The van der Waals surface area contributed by atoms with Crippen LogP contribution in [-0.2, 0) is 14.3 Å². The van der Waals surface area contributed by atoms with E-state index in [1.807, 2.05) is 13.8 Å². The van der Waals surface area contributed by atoms with E-state index in [0.717, 1.165) is 6.42 Å². The Morgan fingerprint density at radius 1 is 1.36 bits per heavy atom. The van der Waals surface area contributed by atoms with E-state index in [1.165, 1.54) is 6.92 Å². The van der Waals surface area contributed by atoms with Gasteiger partial charge in [-0.05, 0) is 27.2 Å². The smallest absolute Gasteiger partial charge is 0.227 e. The Kier molecular flexibility index (Phi) is 7.02. The van der Waals surface area contributed by atoms with Gasteiger partial charge < -0.3 is 10.1 Å². The first-order chi connectivity index (χ1) is 6.52. The Labute approximate surface area is 85.0 Å². The minimum absolute atomic E-state index is 0.0228. The van der Waals surface area contributed by atoms with Crippen LogP contribution >= 0.6 is 0 Å². The summed E-state index contributed by atoms with van der Waals surface area (Å²) in [6.45, 7) is 6.54. The SMILES string of the molecule is CC(=O)CC(=O)NCCCOC(C)C. The Morgan fingerprint density at radius 3 is 2.50 bits per heavy atom. The van der Waals surface area contributed by atoms with Crippen LogP contribution in [-0.4, -0.2) is 30.9 Å². The fraction of sp³-hybridized carbons (Fsp3) is 0.800. The Hall–Kier alpha value is -0.900. The van der Waals surface area contributed by atoms with Gasteiger partial charge in [0.05, 0.1) is 12.5 Å². The lowest BCUT2D eigenvalue weighted by Gasteiger charge is -2.07. The maximum Gasteiger partial charge on any atom is 0.227 e. The predicted molar refractivity (Wildman–Crippen MR) is 54.0 cm³/mol. The second kappa shape index (κ2) is 7.50. The van der Waals surface area contributed by atoms with Crippen LogP contribution < -0.4 is 5.32 Å². The number of ether oxygens (including phenoxy) is 1. The third-order valence-electron chi connectivity index (χ3n) is 1.50. The Balaban J connectivity index is 3.27. The molecule has 14 heavy (non-hydrogen) atoms. The van der Waals surface area contributed by atoms with Gasteiger partial charge in [0.2, 0.25) is 5.91 Å². The number of carbonyl (C=O) groups is 2. The third kappa shape index (κ3) is 9.19. The molecule has 1 N–H and O–H groups in total. The second-order valence-electron chi connectivity index (χ2n) is 3.50. The molecule has 0 aromatic carbocycles. The largest absolute Gasteiger partial charge is 0.379 e. The molecule has 0 saturated heterocycles. The molecule has 0 aliphatic carbocycles. The summed E-state index contributed by atoms with van der Waals surface area (Å²) in [5, 5.41) is 2.65. The van der Waals surface area contributed by atoms with Gasteiger partial charge in [0.15, 0.2) is 0 Å². The van der Waals surface area contributed by atoms with Crippen molar-refractivity contribution in [3.8, 4) is 0 Å². The van der Waals surface area contributed by atoms with Crippen molar-refractivity contribution in [3.05, 3.63) is 0 Å². The van der Waals surface area contributed by atoms with Crippen LogP contribution in [0.5, 0.6) is 0 Å². The normalized spacial score (nSPS) is 10.3. The number of hydrogen-bond acceptors (Lipinski definition) is 3. The molecule has 0 spiro atoms. The van der Waals surface area contributed by atoms with Gasteiger partial charge in [-0.25, -0.2) is 0 Å². The molecule has 0 aliphatic heterocycles. The molecule has 0 fully saturated rings. The summed E-state index contributed by atoms with van der Waals surface area (Å²) >= 11 is 0. The first-order valence-corrected chi connectivity index (χ1v) is 4.90. The van der Waals surface area contributed by atoms with Gasteiger partial charge in [0, 0.05) is 13.2 Å². The van der Waals surface area contributed by atoms with E-state index in [0.29, 0.717) is 13.2 Å². The molecular formula is C10H19NO3. The van der Waals surface area contributed by atoms with E-state index in [1.54, 1.807) is 0 Å². The monoisotopic (exact) mass is 201 g/mol. The molecule has 0 aliphatic rings. The predicted octanol–water partition coefficient (Wildman–Crippen LogP) is 0.897. The molecule has 1 amide bonds. The van der Waals surface area contributed by atoms with E-state index in [-0.39, 0.29) is 24.2 Å². The summed E-state index contributed by atoms with van der Waals surface area (Å²) in [5.74, 6) is -0.317. The van der Waals surface area contributed by atoms with Crippen molar-refractivity contribution < 1.29 is 14.3 Å². The van der Waals surface area contributed by atoms with Gasteiger partial charge in [-0.3, -0.25) is 9.59 Å². The molecule has 0 saturated carbocycles. The lowest BCUT2D eigenvalue weighted by atomic mass is 10.3. The summed E-state index contributed by atoms with van der Waals surface area (Å²) in [7, 11) is 0. The van der Waals surface area contributed by atoms with Crippen molar-refractivity contribution in [1.29, 1.82) is 0 Å².